The molecule has 3 aromatic carbocycles. The zero-order valence-corrected chi connectivity index (χ0v) is 24.6. The summed E-state index contributed by atoms with van der Waals surface area (Å²) in [6.07, 6.45) is 8.71. The van der Waals surface area contributed by atoms with E-state index in [4.69, 9.17) is 4.74 Å². The van der Waals surface area contributed by atoms with Crippen LogP contribution in [0.2, 0.25) is 0 Å². The molecule has 0 radical (unpaired) electrons. The van der Waals surface area contributed by atoms with E-state index >= 15 is 0 Å². The van der Waals surface area contributed by atoms with Gasteiger partial charge in [0.25, 0.3) is 0 Å². The van der Waals surface area contributed by atoms with Crippen molar-refractivity contribution in [1.82, 2.24) is 0 Å². The normalized spacial score (nSPS) is 14.0. The number of hydrogen-bond donors (Lipinski definition) is 0. The monoisotopic (exact) mass is 603 g/mol. The molecule has 4 heteroatoms. The van der Waals surface area contributed by atoms with Crippen LogP contribution in [0.25, 0.3) is 11.6 Å². The van der Waals surface area contributed by atoms with Gasteiger partial charge < -0.3 is 9.64 Å². The summed E-state index contributed by atoms with van der Waals surface area (Å²) in [6, 6.07) is 28.0. The van der Waals surface area contributed by atoms with Crippen LogP contribution in [0.1, 0.15) is 67.2 Å². The van der Waals surface area contributed by atoms with Crippen LogP contribution >= 0.6 is 0 Å². The van der Waals surface area contributed by atoms with Crippen LogP contribution in [0.4, 0.5) is 5.69 Å². The maximum atomic E-state index is 9.63. The molecular formula is C32H35CeN2O-. The standard InChI is InChI=1S/C32H35N2O.Ce/c1-3-34(20-21-35-32-18-15-28(16-19-32)26-10-6-4-7-11-26)31-17-14-29(25(2)22-31)23-30(24-33)27-12-8-5-9-13-27;/h8-9,12-19,22-23,26H,3-4,6-7,10-11,20-21H2,1-2H3;/q-1;/b30-23+;. The molecule has 0 N–H and O–H groups in total. The van der Waals surface area contributed by atoms with Gasteiger partial charge in [-0.05, 0) is 79.6 Å². The fourth-order valence-electron chi connectivity index (χ4n) is 4.94. The molecule has 4 rings (SSSR count). The molecule has 1 saturated carbocycles. The van der Waals surface area contributed by atoms with E-state index in [1.807, 2.05) is 30.3 Å². The number of ether oxygens (including phenoxy) is 1. The maximum absolute atomic E-state index is 9.63. The number of aryl methyl sites for hydroxylation is 1. The van der Waals surface area contributed by atoms with Crippen molar-refractivity contribution in [1.29, 1.82) is 5.26 Å². The fraction of sp³-hybridized carbons (Fsp3) is 0.344. The molecular weight excluding hydrogens is 568 g/mol. The molecule has 0 saturated heterocycles. The Bertz CT molecular complexity index is 1160. The van der Waals surface area contributed by atoms with Gasteiger partial charge in [0.05, 0.1) is 12.6 Å². The predicted octanol–water partition coefficient (Wildman–Crippen LogP) is 7.81. The van der Waals surface area contributed by atoms with Crippen molar-refractivity contribution in [3.05, 3.63) is 95.1 Å². The van der Waals surface area contributed by atoms with E-state index in [1.165, 1.54) is 43.4 Å². The summed E-state index contributed by atoms with van der Waals surface area (Å²) < 4.78 is 6.08. The number of hydrogen-bond acceptors (Lipinski definition) is 3. The Labute approximate surface area is 250 Å². The van der Waals surface area contributed by atoms with Crippen molar-refractivity contribution in [3.63, 3.8) is 0 Å². The second-order valence-corrected chi connectivity index (χ2v) is 9.33. The minimum atomic E-state index is 0. The minimum Gasteiger partial charge on any atom is -0.492 e. The smallest absolute Gasteiger partial charge is 0.119 e. The van der Waals surface area contributed by atoms with E-state index < -0.39 is 0 Å². The SMILES string of the molecule is CCN(CCOc1ccc(C2CCCCC2)cc1)c1ccc(/C=C(\C#N)c2cc[c-]cc2)c(C)c1.[Ce]. The molecule has 0 spiro atoms. The van der Waals surface area contributed by atoms with Gasteiger partial charge in [-0.15, -0.1) is 5.56 Å². The number of likely N-dealkylation sites (N-methyl/N-ethyl adjacent to an activating group) is 1. The van der Waals surface area contributed by atoms with Crippen molar-refractivity contribution in [3.8, 4) is 11.8 Å². The fourth-order valence-corrected chi connectivity index (χ4v) is 4.94. The van der Waals surface area contributed by atoms with Crippen molar-refractivity contribution in [2.75, 3.05) is 24.6 Å². The Morgan fingerprint density at radius 2 is 1.78 bits per heavy atom. The Morgan fingerprint density at radius 1 is 1.06 bits per heavy atom. The maximum Gasteiger partial charge on any atom is 0.119 e. The number of nitriles is 1. The van der Waals surface area contributed by atoms with Crippen LogP contribution in [-0.2, 0) is 0 Å². The zero-order chi connectivity index (χ0) is 24.5. The number of allylic oxidation sites excluding steroid dienone is 1. The third-order valence-corrected chi connectivity index (χ3v) is 7.04. The zero-order valence-electron chi connectivity index (χ0n) is 21.5. The van der Waals surface area contributed by atoms with E-state index in [-0.39, 0.29) is 41.7 Å². The van der Waals surface area contributed by atoms with Gasteiger partial charge in [-0.25, -0.2) is 0 Å². The molecule has 0 heterocycles. The number of anilines is 1. The second kappa shape index (κ2) is 14.6. The van der Waals surface area contributed by atoms with E-state index in [9.17, 15) is 5.26 Å². The average molecular weight is 604 g/mol. The van der Waals surface area contributed by atoms with Gasteiger partial charge in [-0.1, -0.05) is 37.5 Å². The first-order valence-corrected chi connectivity index (χ1v) is 12.8. The van der Waals surface area contributed by atoms with Gasteiger partial charge in [0.1, 0.15) is 12.4 Å². The van der Waals surface area contributed by atoms with Crippen molar-refractivity contribution < 1.29 is 46.5 Å². The predicted molar refractivity (Wildman–Crippen MR) is 146 cm³/mol. The van der Waals surface area contributed by atoms with E-state index in [0.717, 1.165) is 41.4 Å². The summed E-state index contributed by atoms with van der Waals surface area (Å²) in [5.74, 6) is 1.67. The molecule has 36 heavy (non-hydrogen) atoms. The molecule has 0 unspecified atom stereocenters. The molecule has 0 aliphatic heterocycles. The van der Waals surface area contributed by atoms with Crippen molar-refractivity contribution in [2.24, 2.45) is 0 Å². The summed E-state index contributed by atoms with van der Waals surface area (Å²) >= 11 is 0. The van der Waals surface area contributed by atoms with Crippen LogP contribution in [0.5, 0.6) is 5.75 Å². The van der Waals surface area contributed by atoms with Crippen LogP contribution in [0.3, 0.4) is 0 Å². The summed E-state index contributed by atoms with van der Waals surface area (Å²) in [5, 5.41) is 9.63. The Morgan fingerprint density at radius 3 is 2.42 bits per heavy atom. The topological polar surface area (TPSA) is 36.3 Å². The van der Waals surface area contributed by atoms with Crippen molar-refractivity contribution in [2.45, 2.75) is 51.9 Å². The van der Waals surface area contributed by atoms with Gasteiger partial charge in [0, 0.05) is 59.6 Å². The average Bonchev–Trinajstić information content (AvgIpc) is 2.92. The molecule has 1 aliphatic rings. The third-order valence-electron chi connectivity index (χ3n) is 7.04. The van der Waals surface area contributed by atoms with Crippen LogP contribution in [-0.4, -0.2) is 19.7 Å². The van der Waals surface area contributed by atoms with E-state index in [2.05, 4.69) is 73.3 Å². The molecule has 1 aliphatic carbocycles. The Kier molecular flexibility index (Phi) is 11.5. The molecule has 184 valence electrons. The van der Waals surface area contributed by atoms with Gasteiger partial charge in [-0.3, -0.25) is 0 Å². The largest absolute Gasteiger partial charge is 0.492 e. The van der Waals surface area contributed by atoms with Gasteiger partial charge in [0.2, 0.25) is 0 Å². The van der Waals surface area contributed by atoms with Crippen LogP contribution in [0.15, 0.2) is 66.7 Å². The summed E-state index contributed by atoms with van der Waals surface area (Å²) in [7, 11) is 0. The first kappa shape index (κ1) is 28.4. The van der Waals surface area contributed by atoms with Gasteiger partial charge in [-0.2, -0.15) is 35.6 Å². The first-order chi connectivity index (χ1) is 17.2. The van der Waals surface area contributed by atoms with Gasteiger partial charge in [0.15, 0.2) is 0 Å². The minimum absolute atomic E-state index is 0. The number of rotatable bonds is 9. The first-order valence-electron chi connectivity index (χ1n) is 12.8. The van der Waals surface area contributed by atoms with Crippen molar-refractivity contribution >= 4 is 17.3 Å². The summed E-state index contributed by atoms with van der Waals surface area (Å²) in [4.78, 5) is 2.33. The third kappa shape index (κ3) is 7.68. The molecule has 0 bridgehead atoms. The van der Waals surface area contributed by atoms with Crippen LogP contribution < -0.4 is 9.64 Å². The quantitative estimate of drug-likeness (QED) is 0.142. The summed E-state index contributed by atoms with van der Waals surface area (Å²) in [6.45, 7) is 6.63. The molecule has 0 amide bonds. The second-order valence-electron chi connectivity index (χ2n) is 9.33. The molecule has 0 aromatic heterocycles. The summed E-state index contributed by atoms with van der Waals surface area (Å²) in [5.41, 5.74) is 6.41. The Hall–Kier alpha value is -2.13. The van der Waals surface area contributed by atoms with E-state index in [0.29, 0.717) is 12.2 Å². The number of nitrogens with zero attached hydrogens (tertiary/aromatic N) is 2. The van der Waals surface area contributed by atoms with E-state index in [1.54, 1.807) is 0 Å². The molecule has 0 atom stereocenters. The molecule has 1 fully saturated rings. The molecule has 3 nitrogen and oxygen atoms in total. The number of benzene rings is 3. The Balaban J connectivity index is 0.00000361. The van der Waals surface area contributed by atoms with Crippen LogP contribution in [0, 0.1) is 66.1 Å². The molecule has 3 aromatic rings. The van der Waals surface area contributed by atoms with Gasteiger partial charge >= 0.3 is 0 Å².